The van der Waals surface area contributed by atoms with Gasteiger partial charge < -0.3 is 14.3 Å². The molecule has 0 bridgehead atoms. The highest BCUT2D eigenvalue weighted by Crippen LogP contribution is 2.44. The third kappa shape index (κ3) is 3.73. The van der Waals surface area contributed by atoms with E-state index in [9.17, 15) is 14.7 Å². The monoisotopic (exact) mass is 524 g/mol. The number of rotatable bonds is 6. The van der Waals surface area contributed by atoms with Crippen molar-refractivity contribution in [2.75, 3.05) is 11.5 Å². The van der Waals surface area contributed by atoms with Crippen LogP contribution < -0.4 is 9.64 Å². The summed E-state index contributed by atoms with van der Waals surface area (Å²) in [6.45, 7) is 2.43. The van der Waals surface area contributed by atoms with Gasteiger partial charge in [-0.05, 0) is 55.0 Å². The first-order chi connectivity index (χ1) is 16.0. The summed E-state index contributed by atoms with van der Waals surface area (Å²) in [6, 6.07) is 14.9. The summed E-state index contributed by atoms with van der Waals surface area (Å²) in [5.41, 5.74) is 1.28. The van der Waals surface area contributed by atoms with Crippen LogP contribution in [0.2, 0.25) is 0 Å². The Morgan fingerprint density at radius 3 is 2.82 bits per heavy atom. The van der Waals surface area contributed by atoms with Crippen molar-refractivity contribution in [3.05, 3.63) is 88.0 Å². The highest BCUT2D eigenvalue weighted by molar-refractivity contribution is 9.10. The van der Waals surface area contributed by atoms with E-state index in [0.717, 1.165) is 9.17 Å². The van der Waals surface area contributed by atoms with E-state index >= 15 is 0 Å². The number of benzene rings is 2. The molecule has 7 nitrogen and oxygen atoms in total. The van der Waals surface area contributed by atoms with E-state index in [1.807, 2.05) is 31.2 Å². The zero-order valence-electron chi connectivity index (χ0n) is 17.3. The average molecular weight is 525 g/mol. The normalized spacial score (nSPS) is 16.1. The number of aliphatic hydroxyl groups excluding tert-OH is 1. The molecule has 0 radical (unpaired) electrons. The molecule has 0 saturated carbocycles. The topological polar surface area (TPSA) is 92.9 Å². The molecule has 0 unspecified atom stereocenters. The number of hydrogen-bond donors (Lipinski definition) is 1. The molecule has 1 aliphatic rings. The van der Waals surface area contributed by atoms with E-state index in [4.69, 9.17) is 9.15 Å². The van der Waals surface area contributed by atoms with Crippen molar-refractivity contribution >= 4 is 54.3 Å². The maximum Gasteiger partial charge on any atom is 0.296 e. The standard InChI is InChI=1S/C24H17BrN2O5S/c1-2-31-15-8-9-16-18(12-15)33-24(26-16)27-20(13-5-3-6-14(25)11-13)19(22(29)23(27)30)21(28)17-7-4-10-32-17/h3-12,20,29H,2H2,1H3/t20-/m1/s1. The molecule has 2 aromatic heterocycles. The average Bonchev–Trinajstić information content (AvgIpc) is 3.52. The molecule has 9 heteroatoms. The van der Waals surface area contributed by atoms with Gasteiger partial charge in [0.05, 0.1) is 34.7 Å². The van der Waals surface area contributed by atoms with E-state index < -0.39 is 23.5 Å². The van der Waals surface area contributed by atoms with Crippen molar-refractivity contribution in [3.63, 3.8) is 0 Å². The molecule has 5 rings (SSSR count). The number of ketones is 1. The van der Waals surface area contributed by atoms with E-state index in [1.165, 1.54) is 28.6 Å². The number of carbonyl (C=O) groups excluding carboxylic acids is 2. The maximum atomic E-state index is 13.3. The summed E-state index contributed by atoms with van der Waals surface area (Å²) < 4.78 is 12.4. The van der Waals surface area contributed by atoms with Crippen LogP contribution in [0.1, 0.15) is 29.1 Å². The molecule has 0 aliphatic carbocycles. The van der Waals surface area contributed by atoms with Gasteiger partial charge in [-0.15, -0.1) is 0 Å². The molecule has 4 aromatic rings. The fourth-order valence-electron chi connectivity index (χ4n) is 3.82. The number of hydrogen-bond acceptors (Lipinski definition) is 7. The van der Waals surface area contributed by atoms with Crippen molar-refractivity contribution < 1.29 is 23.8 Å². The molecule has 1 atom stereocenters. The molecule has 33 heavy (non-hydrogen) atoms. The Morgan fingerprint density at radius 2 is 2.09 bits per heavy atom. The Labute approximate surface area is 201 Å². The highest BCUT2D eigenvalue weighted by Gasteiger charge is 2.46. The molecular formula is C24H17BrN2O5S. The van der Waals surface area contributed by atoms with Gasteiger partial charge in [0, 0.05) is 4.47 Å². The number of thiazole rings is 1. The number of Topliss-reactive ketones (excluding diaryl/α,β-unsaturated/α-hetero) is 1. The van der Waals surface area contributed by atoms with Crippen LogP contribution >= 0.6 is 27.3 Å². The Hall–Kier alpha value is -3.43. The number of carbonyl (C=O) groups is 2. The zero-order valence-corrected chi connectivity index (χ0v) is 19.7. The first-order valence-electron chi connectivity index (χ1n) is 10.1. The Bertz CT molecular complexity index is 1410. The quantitative estimate of drug-likeness (QED) is 0.319. The van der Waals surface area contributed by atoms with Crippen LogP contribution in [0, 0.1) is 0 Å². The zero-order chi connectivity index (χ0) is 23.1. The van der Waals surface area contributed by atoms with E-state index in [-0.39, 0.29) is 11.3 Å². The maximum absolute atomic E-state index is 13.3. The summed E-state index contributed by atoms with van der Waals surface area (Å²) in [6.07, 6.45) is 1.37. The number of anilines is 1. The van der Waals surface area contributed by atoms with Gasteiger partial charge in [-0.1, -0.05) is 39.4 Å². The molecule has 1 N–H and O–H groups in total. The second-order valence-corrected chi connectivity index (χ2v) is 9.19. The number of halogens is 1. The number of nitrogens with zero attached hydrogens (tertiary/aromatic N) is 2. The van der Waals surface area contributed by atoms with Crippen molar-refractivity contribution in [1.82, 2.24) is 4.98 Å². The van der Waals surface area contributed by atoms with Crippen LogP contribution in [0.4, 0.5) is 5.13 Å². The minimum atomic E-state index is -0.875. The van der Waals surface area contributed by atoms with Crippen molar-refractivity contribution in [3.8, 4) is 5.75 Å². The van der Waals surface area contributed by atoms with Gasteiger partial charge in [-0.3, -0.25) is 14.5 Å². The lowest BCUT2D eigenvalue weighted by Crippen LogP contribution is -2.30. The van der Waals surface area contributed by atoms with E-state index in [1.54, 1.807) is 24.3 Å². The van der Waals surface area contributed by atoms with Gasteiger partial charge in [0.15, 0.2) is 16.7 Å². The van der Waals surface area contributed by atoms with E-state index in [0.29, 0.717) is 28.6 Å². The van der Waals surface area contributed by atoms with Gasteiger partial charge in [0.25, 0.3) is 5.91 Å². The van der Waals surface area contributed by atoms with Crippen LogP contribution in [-0.2, 0) is 4.79 Å². The molecular weight excluding hydrogens is 508 g/mol. The number of aliphatic hydroxyl groups is 1. The molecule has 3 heterocycles. The number of fused-ring (bicyclic) bond motifs is 1. The Balaban J connectivity index is 1.65. The largest absolute Gasteiger partial charge is 0.503 e. The fraction of sp³-hybridized carbons (Fsp3) is 0.125. The second-order valence-electron chi connectivity index (χ2n) is 7.26. The number of furan rings is 1. The van der Waals surface area contributed by atoms with Crippen molar-refractivity contribution in [2.24, 2.45) is 0 Å². The minimum absolute atomic E-state index is 0.0388. The molecule has 2 aromatic carbocycles. The molecule has 0 fully saturated rings. The Morgan fingerprint density at radius 1 is 1.24 bits per heavy atom. The van der Waals surface area contributed by atoms with E-state index in [2.05, 4.69) is 20.9 Å². The molecule has 1 aliphatic heterocycles. The lowest BCUT2D eigenvalue weighted by molar-refractivity contribution is -0.117. The fourth-order valence-corrected chi connectivity index (χ4v) is 5.26. The predicted octanol–water partition coefficient (Wildman–Crippen LogP) is 5.83. The molecule has 0 saturated heterocycles. The third-order valence-corrected chi connectivity index (χ3v) is 6.74. The summed E-state index contributed by atoms with van der Waals surface area (Å²) in [4.78, 5) is 32.5. The number of ether oxygens (including phenoxy) is 1. The van der Waals surface area contributed by atoms with Crippen molar-refractivity contribution in [2.45, 2.75) is 13.0 Å². The van der Waals surface area contributed by atoms with Crippen LogP contribution in [0.25, 0.3) is 10.2 Å². The molecule has 166 valence electrons. The number of amides is 1. The van der Waals surface area contributed by atoms with Gasteiger partial charge in [-0.25, -0.2) is 4.98 Å². The third-order valence-electron chi connectivity index (χ3n) is 5.23. The summed E-state index contributed by atoms with van der Waals surface area (Å²) in [5.74, 6) is -1.13. The summed E-state index contributed by atoms with van der Waals surface area (Å²) >= 11 is 4.73. The van der Waals surface area contributed by atoms with Gasteiger partial charge in [-0.2, -0.15) is 0 Å². The molecule has 0 spiro atoms. The van der Waals surface area contributed by atoms with Crippen LogP contribution in [0.3, 0.4) is 0 Å². The van der Waals surface area contributed by atoms with Crippen LogP contribution in [0.5, 0.6) is 5.75 Å². The van der Waals surface area contributed by atoms with Gasteiger partial charge in [0.1, 0.15) is 5.75 Å². The van der Waals surface area contributed by atoms with Crippen LogP contribution in [-0.4, -0.2) is 28.4 Å². The van der Waals surface area contributed by atoms with Gasteiger partial charge in [0.2, 0.25) is 5.78 Å². The first-order valence-corrected chi connectivity index (χ1v) is 11.7. The summed E-state index contributed by atoms with van der Waals surface area (Å²) in [5, 5.41) is 11.2. The number of aromatic nitrogens is 1. The Kier molecular flexibility index (Phi) is 5.51. The lowest BCUT2D eigenvalue weighted by atomic mass is 9.95. The summed E-state index contributed by atoms with van der Waals surface area (Å²) in [7, 11) is 0. The second kappa shape index (κ2) is 8.49. The lowest BCUT2D eigenvalue weighted by Gasteiger charge is -2.24. The highest BCUT2D eigenvalue weighted by atomic mass is 79.9. The van der Waals surface area contributed by atoms with Gasteiger partial charge >= 0.3 is 0 Å². The smallest absolute Gasteiger partial charge is 0.296 e. The minimum Gasteiger partial charge on any atom is -0.503 e. The predicted molar refractivity (Wildman–Crippen MR) is 128 cm³/mol. The first kappa shape index (κ1) is 21.4. The van der Waals surface area contributed by atoms with Crippen molar-refractivity contribution in [1.29, 1.82) is 0 Å². The molecule has 1 amide bonds. The SMILES string of the molecule is CCOc1ccc2nc(N3C(=O)C(O)=C(C(=O)c4ccco4)[C@H]3c3cccc(Br)c3)sc2c1. The van der Waals surface area contributed by atoms with Crippen LogP contribution in [0.15, 0.2) is 81.1 Å².